The van der Waals surface area contributed by atoms with Crippen LogP contribution < -0.4 is 9.62 Å². The van der Waals surface area contributed by atoms with Crippen LogP contribution in [-0.2, 0) is 14.8 Å². The summed E-state index contributed by atoms with van der Waals surface area (Å²) in [7, 11) is -3.71. The van der Waals surface area contributed by atoms with Crippen molar-refractivity contribution < 1.29 is 13.2 Å². The molecule has 0 aromatic heterocycles. The number of hydrogen-bond acceptors (Lipinski definition) is 4. The summed E-state index contributed by atoms with van der Waals surface area (Å²) in [5, 5.41) is -0.146. The number of benzene rings is 3. The molecular weight excluding hydrogens is 452 g/mol. The van der Waals surface area contributed by atoms with E-state index in [1.807, 2.05) is 75.1 Å². The Labute approximate surface area is 200 Å². The molecule has 5 nitrogen and oxygen atoms in total. The lowest BCUT2D eigenvalue weighted by molar-refractivity contribution is -0.115. The summed E-state index contributed by atoms with van der Waals surface area (Å²) in [6.45, 7) is 9.67. The lowest BCUT2D eigenvalue weighted by Crippen LogP contribution is -2.27. The van der Waals surface area contributed by atoms with Gasteiger partial charge in [-0.15, -0.1) is 11.8 Å². The van der Waals surface area contributed by atoms with Gasteiger partial charge in [0.05, 0.1) is 10.6 Å². The Morgan fingerprint density at radius 2 is 1.48 bits per heavy atom. The maximum Gasteiger partial charge on any atom is 0.262 e. The van der Waals surface area contributed by atoms with Gasteiger partial charge in [0, 0.05) is 11.4 Å². The van der Waals surface area contributed by atoms with E-state index in [0.29, 0.717) is 16.3 Å². The zero-order valence-electron chi connectivity index (χ0n) is 19.5. The molecule has 33 heavy (non-hydrogen) atoms. The number of nitrogens with zero attached hydrogens (tertiary/aromatic N) is 1. The maximum absolute atomic E-state index is 13.1. The van der Waals surface area contributed by atoms with Gasteiger partial charge in [0.1, 0.15) is 5.37 Å². The first-order valence-corrected chi connectivity index (χ1v) is 13.3. The molecular formula is C26H28N2O3S2. The van der Waals surface area contributed by atoms with Crippen molar-refractivity contribution in [3.05, 3.63) is 88.0 Å². The molecule has 7 heteroatoms. The largest absolute Gasteiger partial charge is 0.295 e. The quantitative estimate of drug-likeness (QED) is 0.501. The van der Waals surface area contributed by atoms with Gasteiger partial charge in [-0.05, 0) is 86.7 Å². The molecule has 1 aliphatic heterocycles. The second-order valence-electron chi connectivity index (χ2n) is 8.65. The Morgan fingerprint density at radius 3 is 2.09 bits per heavy atom. The zero-order valence-corrected chi connectivity index (χ0v) is 21.1. The van der Waals surface area contributed by atoms with Crippen LogP contribution in [0.3, 0.4) is 0 Å². The van der Waals surface area contributed by atoms with E-state index in [1.54, 1.807) is 23.9 Å². The molecule has 0 bridgehead atoms. The summed E-state index contributed by atoms with van der Waals surface area (Å²) in [6.07, 6.45) is 0. The van der Waals surface area contributed by atoms with Gasteiger partial charge in [0.25, 0.3) is 10.0 Å². The van der Waals surface area contributed by atoms with Crippen molar-refractivity contribution in [1.29, 1.82) is 0 Å². The van der Waals surface area contributed by atoms with Crippen molar-refractivity contribution in [2.75, 3.05) is 15.4 Å². The third kappa shape index (κ3) is 4.66. The molecule has 1 aliphatic rings. The van der Waals surface area contributed by atoms with E-state index in [4.69, 9.17) is 0 Å². The number of aryl methyl sites for hydroxylation is 5. The molecule has 1 atom stereocenters. The van der Waals surface area contributed by atoms with Gasteiger partial charge >= 0.3 is 0 Å². The van der Waals surface area contributed by atoms with Gasteiger partial charge < -0.3 is 0 Å². The average molecular weight is 481 g/mol. The normalized spacial score (nSPS) is 16.3. The second-order valence-corrected chi connectivity index (χ2v) is 11.3. The van der Waals surface area contributed by atoms with Crippen LogP contribution in [0.15, 0.2) is 59.5 Å². The minimum Gasteiger partial charge on any atom is -0.295 e. The number of carbonyl (C=O) groups is 1. The molecule has 1 fully saturated rings. The van der Waals surface area contributed by atoms with Crippen molar-refractivity contribution >= 4 is 39.1 Å². The number of amides is 1. The first kappa shape index (κ1) is 23.4. The first-order chi connectivity index (χ1) is 15.6. The summed E-state index contributed by atoms with van der Waals surface area (Å²) in [5.41, 5.74) is 7.13. The molecule has 4 rings (SSSR count). The van der Waals surface area contributed by atoms with E-state index in [2.05, 4.69) is 11.6 Å². The minimum atomic E-state index is -3.71. The van der Waals surface area contributed by atoms with Crippen molar-refractivity contribution in [1.82, 2.24) is 0 Å². The van der Waals surface area contributed by atoms with Crippen molar-refractivity contribution in [2.24, 2.45) is 0 Å². The number of thioether (sulfide) groups is 1. The Balaban J connectivity index is 1.59. The highest BCUT2D eigenvalue weighted by Gasteiger charge is 2.34. The second kappa shape index (κ2) is 8.88. The lowest BCUT2D eigenvalue weighted by atomic mass is 10.1. The first-order valence-electron chi connectivity index (χ1n) is 10.8. The summed E-state index contributed by atoms with van der Waals surface area (Å²) in [4.78, 5) is 14.8. The minimum absolute atomic E-state index is 0.0725. The molecule has 0 aliphatic carbocycles. The number of sulfonamides is 1. The van der Waals surface area contributed by atoms with Crippen molar-refractivity contribution in [3.63, 3.8) is 0 Å². The molecule has 1 saturated heterocycles. The summed E-state index contributed by atoms with van der Waals surface area (Å²) in [6, 6.07) is 17.1. The smallest absolute Gasteiger partial charge is 0.262 e. The van der Waals surface area contributed by atoms with Crippen LogP contribution in [0.2, 0.25) is 0 Å². The number of nitrogens with one attached hydrogen (secondary N) is 1. The van der Waals surface area contributed by atoms with Crippen LogP contribution in [0.1, 0.15) is 38.8 Å². The molecule has 1 N–H and O–H groups in total. The van der Waals surface area contributed by atoms with Crippen LogP contribution in [0, 0.1) is 34.6 Å². The Morgan fingerprint density at radius 1 is 0.848 bits per heavy atom. The highest BCUT2D eigenvalue weighted by Crippen LogP contribution is 2.42. The monoisotopic (exact) mass is 480 g/mol. The summed E-state index contributed by atoms with van der Waals surface area (Å²) >= 11 is 1.58. The molecule has 0 radical (unpaired) electrons. The summed E-state index contributed by atoms with van der Waals surface area (Å²) in [5.74, 6) is 0.487. The Kier molecular flexibility index (Phi) is 6.29. The van der Waals surface area contributed by atoms with Crippen LogP contribution in [0.25, 0.3) is 0 Å². The van der Waals surface area contributed by atoms with E-state index in [-0.39, 0.29) is 11.3 Å². The van der Waals surface area contributed by atoms with E-state index in [0.717, 1.165) is 33.5 Å². The predicted octanol–water partition coefficient (Wildman–Crippen LogP) is 5.81. The van der Waals surface area contributed by atoms with E-state index >= 15 is 0 Å². The molecule has 3 aromatic carbocycles. The SMILES string of the molecule is Cc1cc(C)c(S(=O)(=O)Nc2ccc([C@@H]3SCC(=O)N3c3ccc(C)c(C)c3)cc2)c(C)c1. The molecule has 3 aromatic rings. The Bertz CT molecular complexity index is 1310. The highest BCUT2D eigenvalue weighted by molar-refractivity contribution is 8.00. The van der Waals surface area contributed by atoms with Gasteiger partial charge in [-0.1, -0.05) is 35.9 Å². The topological polar surface area (TPSA) is 66.5 Å². The van der Waals surface area contributed by atoms with Gasteiger partial charge in [0.2, 0.25) is 5.91 Å². The fraction of sp³-hybridized carbons (Fsp3) is 0.269. The maximum atomic E-state index is 13.1. The lowest BCUT2D eigenvalue weighted by Gasteiger charge is -2.25. The molecule has 1 amide bonds. The van der Waals surface area contributed by atoms with Crippen LogP contribution in [-0.4, -0.2) is 20.1 Å². The molecule has 172 valence electrons. The average Bonchev–Trinajstić information content (AvgIpc) is 3.10. The highest BCUT2D eigenvalue weighted by atomic mass is 32.2. The molecule has 0 saturated carbocycles. The van der Waals surface area contributed by atoms with Crippen LogP contribution >= 0.6 is 11.8 Å². The van der Waals surface area contributed by atoms with Crippen molar-refractivity contribution in [2.45, 2.75) is 44.9 Å². The fourth-order valence-corrected chi connectivity index (χ4v) is 7.03. The Hall–Kier alpha value is -2.77. The third-order valence-electron chi connectivity index (χ3n) is 5.96. The van der Waals surface area contributed by atoms with E-state index < -0.39 is 10.0 Å². The van der Waals surface area contributed by atoms with Gasteiger partial charge in [0.15, 0.2) is 0 Å². The molecule has 0 unspecified atom stereocenters. The van der Waals surface area contributed by atoms with Crippen LogP contribution in [0.5, 0.6) is 0 Å². The van der Waals surface area contributed by atoms with Crippen molar-refractivity contribution in [3.8, 4) is 0 Å². The van der Waals surface area contributed by atoms with E-state index in [1.165, 1.54) is 5.56 Å². The molecule has 1 heterocycles. The van der Waals surface area contributed by atoms with Gasteiger partial charge in [-0.2, -0.15) is 0 Å². The number of rotatable bonds is 5. The third-order valence-corrected chi connectivity index (χ3v) is 8.86. The fourth-order valence-electron chi connectivity index (χ4n) is 4.34. The number of carbonyl (C=O) groups excluding carboxylic acids is 1. The standard InChI is InChI=1S/C26H28N2O3S2/c1-16-12-19(4)25(20(5)13-16)33(30,31)27-22-9-7-21(8-10-22)26-28(24(29)15-32-26)23-11-6-17(2)18(3)14-23/h6-14,26-27H,15H2,1-5H3/t26-/m0/s1. The number of hydrogen-bond donors (Lipinski definition) is 1. The van der Waals surface area contributed by atoms with Gasteiger partial charge in [-0.25, -0.2) is 8.42 Å². The molecule has 0 spiro atoms. The van der Waals surface area contributed by atoms with Crippen LogP contribution in [0.4, 0.5) is 11.4 Å². The number of anilines is 2. The van der Waals surface area contributed by atoms with E-state index in [9.17, 15) is 13.2 Å². The summed E-state index contributed by atoms with van der Waals surface area (Å²) < 4.78 is 28.8. The van der Waals surface area contributed by atoms with Gasteiger partial charge in [-0.3, -0.25) is 14.4 Å². The zero-order chi connectivity index (χ0) is 23.9. The predicted molar refractivity (Wildman–Crippen MR) is 137 cm³/mol.